The van der Waals surface area contributed by atoms with Crippen LogP contribution in [0.5, 0.6) is 0 Å². The third-order valence-electron chi connectivity index (χ3n) is 5.29. The van der Waals surface area contributed by atoms with Gasteiger partial charge in [-0.3, -0.25) is 4.79 Å². The Labute approximate surface area is 161 Å². The Morgan fingerprint density at radius 1 is 1.15 bits per heavy atom. The van der Waals surface area contributed by atoms with Crippen LogP contribution in [0, 0.1) is 5.92 Å². The standard InChI is InChI=1S/C19H28N4O2.ClH/c1-22(17-9-11-20-12-10-17)18(24)15-6-5-13-23(14-15)19(25)21-16-7-3-2-4-8-16;/h2-4,7-8,15,17,20H,5-6,9-14H2,1H3,(H,21,25);1H. The number of carbonyl (C=O) groups is 2. The van der Waals surface area contributed by atoms with Gasteiger partial charge in [0.1, 0.15) is 0 Å². The van der Waals surface area contributed by atoms with Gasteiger partial charge in [-0.15, -0.1) is 12.4 Å². The minimum atomic E-state index is -0.117. The number of nitrogens with zero attached hydrogens (tertiary/aromatic N) is 2. The van der Waals surface area contributed by atoms with Crippen molar-refractivity contribution in [3.8, 4) is 0 Å². The largest absolute Gasteiger partial charge is 0.342 e. The van der Waals surface area contributed by atoms with Crippen LogP contribution in [0.1, 0.15) is 25.7 Å². The molecule has 2 saturated heterocycles. The van der Waals surface area contributed by atoms with E-state index in [2.05, 4.69) is 10.6 Å². The van der Waals surface area contributed by atoms with Crippen molar-refractivity contribution >= 4 is 30.0 Å². The lowest BCUT2D eigenvalue weighted by atomic mass is 9.95. The molecule has 1 aromatic rings. The Morgan fingerprint density at radius 2 is 1.85 bits per heavy atom. The smallest absolute Gasteiger partial charge is 0.321 e. The zero-order chi connectivity index (χ0) is 17.6. The number of hydrogen-bond acceptors (Lipinski definition) is 3. The summed E-state index contributed by atoms with van der Waals surface area (Å²) >= 11 is 0. The van der Waals surface area contributed by atoms with E-state index in [1.807, 2.05) is 42.3 Å². The zero-order valence-corrected chi connectivity index (χ0v) is 16.1. The van der Waals surface area contributed by atoms with Gasteiger partial charge in [-0.2, -0.15) is 0 Å². The topological polar surface area (TPSA) is 64.7 Å². The lowest BCUT2D eigenvalue weighted by Gasteiger charge is -2.37. The first-order chi connectivity index (χ1) is 12.1. The molecule has 1 unspecified atom stereocenters. The predicted molar refractivity (Wildman–Crippen MR) is 106 cm³/mol. The molecule has 26 heavy (non-hydrogen) atoms. The summed E-state index contributed by atoms with van der Waals surface area (Å²) < 4.78 is 0. The molecule has 2 aliphatic rings. The maximum atomic E-state index is 12.9. The molecule has 0 aliphatic carbocycles. The second kappa shape index (κ2) is 9.78. The molecule has 3 rings (SSSR count). The highest BCUT2D eigenvalue weighted by Gasteiger charge is 2.32. The third kappa shape index (κ3) is 5.11. The number of para-hydroxylation sites is 1. The van der Waals surface area contributed by atoms with Crippen molar-refractivity contribution in [3.05, 3.63) is 30.3 Å². The molecule has 0 aromatic heterocycles. The van der Waals surface area contributed by atoms with Gasteiger partial charge < -0.3 is 20.4 Å². The maximum absolute atomic E-state index is 12.9. The Bertz CT molecular complexity index is 592. The number of nitrogens with one attached hydrogen (secondary N) is 2. The summed E-state index contributed by atoms with van der Waals surface area (Å²) in [7, 11) is 1.92. The number of anilines is 1. The van der Waals surface area contributed by atoms with E-state index in [0.29, 0.717) is 19.1 Å². The average Bonchev–Trinajstić information content (AvgIpc) is 2.68. The quantitative estimate of drug-likeness (QED) is 0.847. The molecule has 6 nitrogen and oxygen atoms in total. The van der Waals surface area contributed by atoms with Crippen LogP contribution < -0.4 is 10.6 Å². The summed E-state index contributed by atoms with van der Waals surface area (Å²) in [5.74, 6) is 0.0965. The van der Waals surface area contributed by atoms with E-state index >= 15 is 0 Å². The first kappa shape index (κ1) is 20.5. The van der Waals surface area contributed by atoms with Crippen molar-refractivity contribution in [2.45, 2.75) is 31.7 Å². The minimum absolute atomic E-state index is 0. The highest BCUT2D eigenvalue weighted by molar-refractivity contribution is 5.90. The van der Waals surface area contributed by atoms with E-state index in [-0.39, 0.29) is 30.3 Å². The van der Waals surface area contributed by atoms with Crippen molar-refractivity contribution in [2.24, 2.45) is 5.92 Å². The van der Waals surface area contributed by atoms with Crippen LogP contribution in [0.2, 0.25) is 0 Å². The summed E-state index contributed by atoms with van der Waals surface area (Å²) in [6, 6.07) is 9.65. The van der Waals surface area contributed by atoms with E-state index in [0.717, 1.165) is 44.5 Å². The zero-order valence-electron chi connectivity index (χ0n) is 15.3. The number of rotatable bonds is 3. The van der Waals surface area contributed by atoms with Gasteiger partial charge in [0.15, 0.2) is 0 Å². The summed E-state index contributed by atoms with van der Waals surface area (Å²) in [6.45, 7) is 3.16. The van der Waals surface area contributed by atoms with Gasteiger partial charge in [0, 0.05) is 31.9 Å². The molecule has 0 radical (unpaired) electrons. The molecule has 1 atom stereocenters. The van der Waals surface area contributed by atoms with Crippen LogP contribution in [0.4, 0.5) is 10.5 Å². The van der Waals surface area contributed by atoms with Crippen LogP contribution >= 0.6 is 12.4 Å². The molecule has 0 saturated carbocycles. The van der Waals surface area contributed by atoms with Crippen LogP contribution in [0.15, 0.2) is 30.3 Å². The number of carbonyl (C=O) groups excluding carboxylic acids is 2. The predicted octanol–water partition coefficient (Wildman–Crippen LogP) is 2.56. The molecule has 3 amide bonds. The summed E-state index contributed by atoms with van der Waals surface area (Å²) in [6.07, 6.45) is 3.75. The molecule has 2 fully saturated rings. The van der Waals surface area contributed by atoms with Gasteiger partial charge in [0.25, 0.3) is 0 Å². The molecule has 2 heterocycles. The molecule has 144 valence electrons. The summed E-state index contributed by atoms with van der Waals surface area (Å²) in [5.41, 5.74) is 0.785. The van der Waals surface area contributed by atoms with Crippen LogP contribution in [0.25, 0.3) is 0 Å². The van der Waals surface area contributed by atoms with Crippen molar-refractivity contribution in [1.29, 1.82) is 0 Å². The highest BCUT2D eigenvalue weighted by Crippen LogP contribution is 2.22. The molecule has 0 spiro atoms. The fourth-order valence-corrected chi connectivity index (χ4v) is 3.75. The Morgan fingerprint density at radius 3 is 2.54 bits per heavy atom. The monoisotopic (exact) mass is 380 g/mol. The minimum Gasteiger partial charge on any atom is -0.342 e. The van der Waals surface area contributed by atoms with E-state index in [1.54, 1.807) is 4.90 Å². The molecular formula is C19H29ClN4O2. The number of piperidine rings is 2. The van der Waals surface area contributed by atoms with Gasteiger partial charge in [0.2, 0.25) is 5.91 Å². The van der Waals surface area contributed by atoms with Crippen molar-refractivity contribution in [3.63, 3.8) is 0 Å². The first-order valence-electron chi connectivity index (χ1n) is 9.23. The Balaban J connectivity index is 0.00000243. The Kier molecular flexibility index (Phi) is 7.72. The first-order valence-corrected chi connectivity index (χ1v) is 9.23. The lowest BCUT2D eigenvalue weighted by Crippen LogP contribution is -2.50. The number of halogens is 1. The fourth-order valence-electron chi connectivity index (χ4n) is 3.75. The van der Waals surface area contributed by atoms with Crippen LogP contribution in [-0.4, -0.2) is 61.0 Å². The number of amides is 3. The average molecular weight is 381 g/mol. The number of hydrogen-bond donors (Lipinski definition) is 2. The van der Waals surface area contributed by atoms with Crippen LogP contribution in [0.3, 0.4) is 0 Å². The highest BCUT2D eigenvalue weighted by atomic mass is 35.5. The molecule has 2 N–H and O–H groups in total. The SMILES string of the molecule is CN(C(=O)C1CCCN(C(=O)Nc2ccccc2)C1)C1CCNCC1.Cl. The number of urea groups is 1. The van der Waals surface area contributed by atoms with Crippen molar-refractivity contribution in [2.75, 3.05) is 38.5 Å². The molecule has 0 bridgehead atoms. The van der Waals surface area contributed by atoms with E-state index in [1.165, 1.54) is 0 Å². The van der Waals surface area contributed by atoms with E-state index in [4.69, 9.17) is 0 Å². The van der Waals surface area contributed by atoms with Crippen molar-refractivity contribution in [1.82, 2.24) is 15.1 Å². The van der Waals surface area contributed by atoms with Gasteiger partial charge in [-0.25, -0.2) is 4.79 Å². The van der Waals surface area contributed by atoms with Gasteiger partial charge in [-0.1, -0.05) is 18.2 Å². The molecule has 7 heteroatoms. The lowest BCUT2D eigenvalue weighted by molar-refractivity contribution is -0.138. The third-order valence-corrected chi connectivity index (χ3v) is 5.29. The summed E-state index contributed by atoms with van der Waals surface area (Å²) in [5, 5.41) is 6.25. The van der Waals surface area contributed by atoms with Crippen LogP contribution in [-0.2, 0) is 4.79 Å². The van der Waals surface area contributed by atoms with Gasteiger partial charge in [0.05, 0.1) is 5.92 Å². The van der Waals surface area contributed by atoms with E-state index < -0.39 is 0 Å². The van der Waals surface area contributed by atoms with Gasteiger partial charge >= 0.3 is 6.03 Å². The second-order valence-corrected chi connectivity index (χ2v) is 7.01. The Hall–Kier alpha value is -1.79. The number of likely N-dealkylation sites (tertiary alicyclic amines) is 1. The summed E-state index contributed by atoms with van der Waals surface area (Å²) in [4.78, 5) is 29.1. The molecular weight excluding hydrogens is 352 g/mol. The van der Waals surface area contributed by atoms with Crippen molar-refractivity contribution < 1.29 is 9.59 Å². The fraction of sp³-hybridized carbons (Fsp3) is 0.579. The second-order valence-electron chi connectivity index (χ2n) is 7.01. The van der Waals surface area contributed by atoms with Gasteiger partial charge in [-0.05, 0) is 50.9 Å². The normalized spacial score (nSPS) is 20.8. The van der Waals surface area contributed by atoms with E-state index in [9.17, 15) is 9.59 Å². The maximum Gasteiger partial charge on any atom is 0.321 e. The molecule has 1 aromatic carbocycles. The number of benzene rings is 1. The molecule has 2 aliphatic heterocycles.